The molecule has 0 amide bonds. The van der Waals surface area contributed by atoms with E-state index in [1.165, 1.54) is 0 Å². The van der Waals surface area contributed by atoms with Crippen LogP contribution in [0.1, 0.15) is 53.4 Å². The van der Waals surface area contributed by atoms with Gasteiger partial charge < -0.3 is 9.05 Å². The summed E-state index contributed by atoms with van der Waals surface area (Å²) < 4.78 is 25.0. The summed E-state index contributed by atoms with van der Waals surface area (Å²) in [5.41, 5.74) is 0. The third-order valence-corrected chi connectivity index (χ3v) is 5.55. The SMILES string of the molecule is CCC(CC)OP(=O)(OC(CC)CC)c1ccccc1. The standard InChI is InChI=1S/C16H27O3P/c1-5-14(6-2)18-20(17,19-15(7-3)8-4)16-12-10-9-11-13-16/h9-15H,5-8H2,1-4H3. The van der Waals surface area contributed by atoms with Gasteiger partial charge in [-0.2, -0.15) is 0 Å². The van der Waals surface area contributed by atoms with E-state index in [1.807, 2.05) is 58.0 Å². The maximum Gasteiger partial charge on any atom is 0.361 e. The number of hydrogen-bond donors (Lipinski definition) is 0. The normalized spacial score (nSPS) is 12.3. The summed E-state index contributed by atoms with van der Waals surface area (Å²) in [5.74, 6) is 0. The summed E-state index contributed by atoms with van der Waals surface area (Å²) in [4.78, 5) is 0. The largest absolute Gasteiger partial charge is 0.361 e. The van der Waals surface area contributed by atoms with Crippen molar-refractivity contribution in [1.29, 1.82) is 0 Å². The van der Waals surface area contributed by atoms with E-state index in [-0.39, 0.29) is 12.2 Å². The minimum absolute atomic E-state index is 0.0320. The van der Waals surface area contributed by atoms with Crippen LogP contribution in [0.4, 0.5) is 0 Å². The van der Waals surface area contributed by atoms with Crippen molar-refractivity contribution in [3.8, 4) is 0 Å². The molecule has 0 saturated heterocycles. The molecule has 1 aromatic carbocycles. The van der Waals surface area contributed by atoms with E-state index in [1.54, 1.807) is 0 Å². The predicted octanol–water partition coefficient (Wildman–Crippen LogP) is 4.92. The molecule has 3 nitrogen and oxygen atoms in total. The lowest BCUT2D eigenvalue weighted by molar-refractivity contribution is 0.111. The van der Waals surface area contributed by atoms with Gasteiger partial charge in [0.1, 0.15) is 0 Å². The van der Waals surface area contributed by atoms with Crippen LogP contribution in [0, 0.1) is 0 Å². The molecule has 114 valence electrons. The third-order valence-electron chi connectivity index (χ3n) is 3.47. The molecule has 0 saturated carbocycles. The lowest BCUT2D eigenvalue weighted by atomic mass is 10.2. The van der Waals surface area contributed by atoms with Crippen LogP contribution in [-0.4, -0.2) is 12.2 Å². The van der Waals surface area contributed by atoms with Crippen molar-refractivity contribution in [2.24, 2.45) is 0 Å². The molecular weight excluding hydrogens is 271 g/mol. The molecular formula is C16H27O3P. The van der Waals surface area contributed by atoms with E-state index < -0.39 is 7.60 Å². The number of rotatable bonds is 9. The van der Waals surface area contributed by atoms with Crippen LogP contribution in [0.3, 0.4) is 0 Å². The van der Waals surface area contributed by atoms with Gasteiger partial charge >= 0.3 is 7.60 Å². The topological polar surface area (TPSA) is 35.5 Å². The van der Waals surface area contributed by atoms with Gasteiger partial charge in [0.2, 0.25) is 0 Å². The highest BCUT2D eigenvalue weighted by Gasteiger charge is 2.32. The van der Waals surface area contributed by atoms with Gasteiger partial charge in [0.25, 0.3) is 0 Å². The van der Waals surface area contributed by atoms with Gasteiger partial charge in [0.05, 0.1) is 17.5 Å². The molecule has 0 bridgehead atoms. The summed E-state index contributed by atoms with van der Waals surface area (Å²) in [6, 6.07) is 9.29. The minimum atomic E-state index is -3.25. The van der Waals surface area contributed by atoms with E-state index in [9.17, 15) is 4.57 Å². The van der Waals surface area contributed by atoms with Crippen LogP contribution in [0.5, 0.6) is 0 Å². The lowest BCUT2D eigenvalue weighted by Gasteiger charge is -2.27. The average molecular weight is 298 g/mol. The van der Waals surface area contributed by atoms with Crippen LogP contribution in [0.15, 0.2) is 30.3 Å². The van der Waals surface area contributed by atoms with Gasteiger partial charge in [-0.1, -0.05) is 45.9 Å². The molecule has 4 heteroatoms. The molecule has 0 fully saturated rings. The number of hydrogen-bond acceptors (Lipinski definition) is 3. The highest BCUT2D eigenvalue weighted by Crippen LogP contribution is 2.50. The Morgan fingerprint density at radius 3 is 1.60 bits per heavy atom. The number of benzene rings is 1. The second-order valence-electron chi connectivity index (χ2n) is 4.92. The fourth-order valence-electron chi connectivity index (χ4n) is 2.03. The third kappa shape index (κ3) is 4.73. The smallest absolute Gasteiger partial charge is 0.302 e. The van der Waals surface area contributed by atoms with Crippen LogP contribution in [0.2, 0.25) is 0 Å². The van der Waals surface area contributed by atoms with Gasteiger partial charge in [0, 0.05) is 0 Å². The zero-order valence-electron chi connectivity index (χ0n) is 13.0. The Balaban J connectivity index is 3.02. The van der Waals surface area contributed by atoms with E-state index in [0.717, 1.165) is 25.7 Å². The minimum Gasteiger partial charge on any atom is -0.302 e. The highest BCUT2D eigenvalue weighted by molar-refractivity contribution is 7.62. The summed E-state index contributed by atoms with van der Waals surface area (Å²) >= 11 is 0. The van der Waals surface area contributed by atoms with Crippen molar-refractivity contribution < 1.29 is 13.6 Å². The molecule has 1 aromatic rings. The Morgan fingerprint density at radius 2 is 1.25 bits per heavy atom. The Kier molecular flexibility index (Phi) is 7.50. The summed E-state index contributed by atoms with van der Waals surface area (Å²) in [6.45, 7) is 8.17. The molecule has 20 heavy (non-hydrogen) atoms. The van der Waals surface area contributed by atoms with E-state index in [2.05, 4.69) is 0 Å². The molecule has 0 aliphatic rings. The van der Waals surface area contributed by atoms with Gasteiger partial charge in [0.15, 0.2) is 0 Å². The fraction of sp³-hybridized carbons (Fsp3) is 0.625. The molecule has 0 aliphatic heterocycles. The molecule has 0 N–H and O–H groups in total. The molecule has 0 aromatic heterocycles. The molecule has 1 rings (SSSR count). The highest BCUT2D eigenvalue weighted by atomic mass is 31.2. The average Bonchev–Trinajstić information content (AvgIpc) is 2.51. The first-order valence-electron chi connectivity index (χ1n) is 7.61. The van der Waals surface area contributed by atoms with Crippen LogP contribution in [-0.2, 0) is 13.6 Å². The summed E-state index contributed by atoms with van der Waals surface area (Å²) in [6.07, 6.45) is 3.27. The van der Waals surface area contributed by atoms with Gasteiger partial charge in [-0.25, -0.2) is 0 Å². The maximum absolute atomic E-state index is 13.2. The quantitative estimate of drug-likeness (QED) is 0.607. The summed E-state index contributed by atoms with van der Waals surface area (Å²) in [5, 5.41) is 0.652. The lowest BCUT2D eigenvalue weighted by Crippen LogP contribution is -2.20. The Bertz CT molecular complexity index is 393. The monoisotopic (exact) mass is 298 g/mol. The van der Waals surface area contributed by atoms with Gasteiger partial charge in [-0.3, -0.25) is 4.57 Å². The predicted molar refractivity (Wildman–Crippen MR) is 84.6 cm³/mol. The zero-order chi connectivity index (χ0) is 15.0. The van der Waals surface area contributed by atoms with Crippen LogP contribution in [0.25, 0.3) is 0 Å². The first-order valence-corrected chi connectivity index (χ1v) is 9.16. The Morgan fingerprint density at radius 1 is 0.850 bits per heavy atom. The maximum atomic E-state index is 13.2. The molecule has 0 aliphatic carbocycles. The van der Waals surface area contributed by atoms with Crippen molar-refractivity contribution in [2.75, 3.05) is 0 Å². The van der Waals surface area contributed by atoms with E-state index in [4.69, 9.17) is 9.05 Å². The Labute approximate surface area is 123 Å². The van der Waals surface area contributed by atoms with Crippen molar-refractivity contribution in [3.63, 3.8) is 0 Å². The van der Waals surface area contributed by atoms with Crippen LogP contribution < -0.4 is 5.30 Å². The second kappa shape index (κ2) is 8.61. The first kappa shape index (κ1) is 17.4. The Hall–Kier alpha value is -0.630. The van der Waals surface area contributed by atoms with E-state index in [0.29, 0.717) is 5.30 Å². The van der Waals surface area contributed by atoms with Gasteiger partial charge in [-0.05, 0) is 37.8 Å². The molecule has 0 unspecified atom stereocenters. The molecule has 0 radical (unpaired) electrons. The summed E-state index contributed by atoms with van der Waals surface area (Å²) in [7, 11) is -3.25. The van der Waals surface area contributed by atoms with E-state index >= 15 is 0 Å². The van der Waals surface area contributed by atoms with Gasteiger partial charge in [-0.15, -0.1) is 0 Å². The first-order chi connectivity index (χ1) is 9.59. The van der Waals surface area contributed by atoms with Crippen molar-refractivity contribution in [3.05, 3.63) is 30.3 Å². The zero-order valence-corrected chi connectivity index (χ0v) is 13.9. The van der Waals surface area contributed by atoms with Crippen molar-refractivity contribution in [2.45, 2.75) is 65.6 Å². The second-order valence-corrected chi connectivity index (χ2v) is 6.85. The molecule has 0 spiro atoms. The van der Waals surface area contributed by atoms with Crippen LogP contribution >= 0.6 is 7.60 Å². The fourth-order valence-corrected chi connectivity index (χ4v) is 4.24. The van der Waals surface area contributed by atoms with Crippen molar-refractivity contribution >= 4 is 12.9 Å². The molecule has 0 heterocycles. The van der Waals surface area contributed by atoms with Crippen molar-refractivity contribution in [1.82, 2.24) is 0 Å². The molecule has 0 atom stereocenters.